The third-order valence-electron chi connectivity index (χ3n) is 4.48. The molecule has 1 aliphatic heterocycles. The molecule has 2 N–H and O–H groups in total. The van der Waals surface area contributed by atoms with E-state index in [0.717, 1.165) is 22.2 Å². The largest absolute Gasteiger partial charge is 0.497 e. The molecule has 1 atom stereocenters. The van der Waals surface area contributed by atoms with Crippen LogP contribution in [0.3, 0.4) is 0 Å². The van der Waals surface area contributed by atoms with Crippen molar-refractivity contribution in [2.75, 3.05) is 20.3 Å². The third-order valence-corrected chi connectivity index (χ3v) is 5.38. The Balaban J connectivity index is 1.63. The monoisotopic (exact) mass is 426 g/mol. The van der Waals surface area contributed by atoms with Gasteiger partial charge in [0.15, 0.2) is 0 Å². The van der Waals surface area contributed by atoms with Crippen LogP contribution in [0, 0.1) is 0 Å². The van der Waals surface area contributed by atoms with E-state index >= 15 is 0 Å². The summed E-state index contributed by atoms with van der Waals surface area (Å²) in [7, 11) is 1.54. The lowest BCUT2D eigenvalue weighted by atomic mass is 10.1. The summed E-state index contributed by atoms with van der Waals surface area (Å²) in [6.07, 6.45) is 2.04. The van der Waals surface area contributed by atoms with Gasteiger partial charge in [-0.1, -0.05) is 42.5 Å². The highest BCUT2D eigenvalue weighted by Crippen LogP contribution is 2.32. The second kappa shape index (κ2) is 10.1. The molecule has 1 fully saturated rings. The first-order valence-electron chi connectivity index (χ1n) is 9.33. The van der Waals surface area contributed by atoms with E-state index in [2.05, 4.69) is 5.32 Å². The summed E-state index contributed by atoms with van der Waals surface area (Å²) in [4.78, 5) is 38.4. The van der Waals surface area contributed by atoms with Crippen molar-refractivity contribution in [2.24, 2.45) is 0 Å². The molecule has 0 radical (unpaired) electrons. The highest BCUT2D eigenvalue weighted by molar-refractivity contribution is 8.18. The number of nitrogens with zero attached hydrogens (tertiary/aromatic N) is 1. The highest BCUT2D eigenvalue weighted by Gasteiger charge is 2.36. The number of rotatable bonds is 8. The number of carbonyl (C=O) groups is 3. The average molecular weight is 426 g/mol. The number of methoxy groups -OCH3 is 1. The summed E-state index contributed by atoms with van der Waals surface area (Å²) in [5, 5.41) is 11.7. The zero-order chi connectivity index (χ0) is 21.5. The van der Waals surface area contributed by atoms with Gasteiger partial charge in [0.05, 0.1) is 24.7 Å². The lowest BCUT2D eigenvalue weighted by Gasteiger charge is -2.18. The van der Waals surface area contributed by atoms with Gasteiger partial charge in [-0.2, -0.15) is 0 Å². The van der Waals surface area contributed by atoms with E-state index in [1.165, 1.54) is 0 Å². The maximum atomic E-state index is 12.6. The van der Waals surface area contributed by atoms with Crippen LogP contribution in [0.1, 0.15) is 11.1 Å². The van der Waals surface area contributed by atoms with Crippen molar-refractivity contribution in [1.82, 2.24) is 10.2 Å². The predicted octanol–water partition coefficient (Wildman–Crippen LogP) is 2.45. The molecule has 30 heavy (non-hydrogen) atoms. The molecule has 0 aromatic heterocycles. The Kier molecular flexibility index (Phi) is 7.26. The van der Waals surface area contributed by atoms with E-state index in [1.807, 2.05) is 30.3 Å². The van der Waals surface area contributed by atoms with Gasteiger partial charge >= 0.3 is 0 Å². The molecule has 1 saturated heterocycles. The Hall–Kier alpha value is -3.10. The van der Waals surface area contributed by atoms with Gasteiger partial charge in [-0.05, 0) is 47.5 Å². The van der Waals surface area contributed by atoms with Crippen molar-refractivity contribution in [1.29, 1.82) is 0 Å². The smallest absolute Gasteiger partial charge is 0.294 e. The SMILES string of the molecule is COc1cccc(C=C2SC(=O)N(CC(=O)N[C@@H](CO)Cc3ccccc3)C2=O)c1. The van der Waals surface area contributed by atoms with Crippen molar-refractivity contribution in [3.63, 3.8) is 0 Å². The van der Waals surface area contributed by atoms with E-state index in [0.29, 0.717) is 17.7 Å². The van der Waals surface area contributed by atoms with Crippen LogP contribution < -0.4 is 10.1 Å². The molecule has 156 valence electrons. The molecule has 1 aliphatic rings. The molecule has 0 bridgehead atoms. The standard InChI is InChI=1S/C22H22N2O5S/c1-29-18-9-5-8-16(11-18)12-19-21(27)24(22(28)30-19)13-20(26)23-17(14-25)10-15-6-3-2-4-7-15/h2-9,11-12,17,25H,10,13-14H2,1H3,(H,23,26)/t17-/m1/s1. The zero-order valence-corrected chi connectivity index (χ0v) is 17.2. The minimum atomic E-state index is -0.522. The number of aliphatic hydroxyl groups is 1. The molecule has 1 heterocycles. The zero-order valence-electron chi connectivity index (χ0n) is 16.4. The highest BCUT2D eigenvalue weighted by atomic mass is 32.2. The minimum absolute atomic E-state index is 0.240. The lowest BCUT2D eigenvalue weighted by molar-refractivity contribution is -0.129. The number of hydrogen-bond acceptors (Lipinski definition) is 6. The van der Waals surface area contributed by atoms with Crippen LogP contribution in [0.4, 0.5) is 4.79 Å². The number of nitrogens with one attached hydrogen (secondary N) is 1. The fourth-order valence-electron chi connectivity index (χ4n) is 3.00. The van der Waals surface area contributed by atoms with Crippen molar-refractivity contribution in [3.05, 3.63) is 70.6 Å². The third kappa shape index (κ3) is 5.49. The Morgan fingerprint density at radius 3 is 2.67 bits per heavy atom. The summed E-state index contributed by atoms with van der Waals surface area (Å²) in [5.41, 5.74) is 1.68. The molecular weight excluding hydrogens is 404 g/mol. The minimum Gasteiger partial charge on any atom is -0.497 e. The number of amides is 3. The average Bonchev–Trinajstić information content (AvgIpc) is 3.01. The molecule has 0 spiro atoms. The Morgan fingerprint density at radius 2 is 1.97 bits per heavy atom. The fraction of sp³-hybridized carbons (Fsp3) is 0.227. The Morgan fingerprint density at radius 1 is 1.20 bits per heavy atom. The lowest BCUT2D eigenvalue weighted by Crippen LogP contribution is -2.45. The molecule has 0 aliphatic carbocycles. The second-order valence-electron chi connectivity index (χ2n) is 6.68. The van der Waals surface area contributed by atoms with Gasteiger partial charge in [-0.15, -0.1) is 0 Å². The molecule has 0 saturated carbocycles. The molecule has 2 aromatic rings. The van der Waals surface area contributed by atoms with Gasteiger partial charge in [-0.3, -0.25) is 19.3 Å². The molecule has 7 nitrogen and oxygen atoms in total. The molecular formula is C22H22N2O5S. The van der Waals surface area contributed by atoms with Crippen molar-refractivity contribution < 1.29 is 24.2 Å². The summed E-state index contributed by atoms with van der Waals surface area (Å²) in [5.74, 6) is -0.391. The first kappa shape index (κ1) is 21.6. The van der Waals surface area contributed by atoms with Gasteiger partial charge in [0.2, 0.25) is 5.91 Å². The van der Waals surface area contributed by atoms with E-state index < -0.39 is 29.6 Å². The van der Waals surface area contributed by atoms with Crippen molar-refractivity contribution in [2.45, 2.75) is 12.5 Å². The summed E-state index contributed by atoms with van der Waals surface area (Å²) >= 11 is 0.788. The van der Waals surface area contributed by atoms with E-state index in [4.69, 9.17) is 4.74 Å². The van der Waals surface area contributed by atoms with Crippen LogP contribution >= 0.6 is 11.8 Å². The first-order valence-corrected chi connectivity index (χ1v) is 10.2. The van der Waals surface area contributed by atoms with Gasteiger partial charge in [0.25, 0.3) is 11.1 Å². The van der Waals surface area contributed by atoms with Crippen LogP contribution in [0.5, 0.6) is 5.75 Å². The molecule has 3 amide bonds. The number of imide groups is 1. The van der Waals surface area contributed by atoms with Gasteiger partial charge in [0, 0.05) is 0 Å². The number of aliphatic hydroxyl groups excluding tert-OH is 1. The van der Waals surface area contributed by atoms with Gasteiger partial charge in [-0.25, -0.2) is 0 Å². The van der Waals surface area contributed by atoms with Gasteiger partial charge < -0.3 is 15.2 Å². The maximum absolute atomic E-state index is 12.6. The van der Waals surface area contributed by atoms with E-state index in [1.54, 1.807) is 37.5 Å². The summed E-state index contributed by atoms with van der Waals surface area (Å²) < 4.78 is 5.16. The van der Waals surface area contributed by atoms with E-state index in [-0.39, 0.29) is 11.5 Å². The summed E-state index contributed by atoms with van der Waals surface area (Å²) in [6.45, 7) is -0.649. The molecule has 3 rings (SSSR count). The van der Waals surface area contributed by atoms with Crippen LogP contribution in [0.15, 0.2) is 59.5 Å². The summed E-state index contributed by atoms with van der Waals surface area (Å²) in [6, 6.07) is 16.0. The molecule has 8 heteroatoms. The second-order valence-corrected chi connectivity index (χ2v) is 7.67. The van der Waals surface area contributed by atoms with Crippen LogP contribution in [-0.4, -0.2) is 53.4 Å². The van der Waals surface area contributed by atoms with Gasteiger partial charge in [0.1, 0.15) is 12.3 Å². The first-order chi connectivity index (χ1) is 14.5. The van der Waals surface area contributed by atoms with E-state index in [9.17, 15) is 19.5 Å². The number of ether oxygens (including phenoxy) is 1. The maximum Gasteiger partial charge on any atom is 0.294 e. The van der Waals surface area contributed by atoms with Crippen molar-refractivity contribution in [3.8, 4) is 5.75 Å². The van der Waals surface area contributed by atoms with Crippen molar-refractivity contribution >= 4 is 34.9 Å². The molecule has 0 unspecified atom stereocenters. The van der Waals surface area contributed by atoms with Crippen LogP contribution in [0.2, 0.25) is 0 Å². The fourth-order valence-corrected chi connectivity index (χ4v) is 3.83. The Bertz CT molecular complexity index is 961. The molecule has 2 aromatic carbocycles. The number of thioether (sulfide) groups is 1. The van der Waals surface area contributed by atoms with Crippen LogP contribution in [0.25, 0.3) is 6.08 Å². The normalized spacial score (nSPS) is 16.1. The van der Waals surface area contributed by atoms with Crippen LogP contribution in [-0.2, 0) is 16.0 Å². The Labute approximate surface area is 178 Å². The number of carbonyl (C=O) groups excluding carboxylic acids is 3. The topological polar surface area (TPSA) is 95.9 Å². The quantitative estimate of drug-likeness (QED) is 0.630. The predicted molar refractivity (Wildman–Crippen MR) is 115 cm³/mol. The number of hydrogen-bond donors (Lipinski definition) is 2. The number of benzene rings is 2.